The van der Waals surface area contributed by atoms with Gasteiger partial charge in [0.25, 0.3) is 5.91 Å². The maximum absolute atomic E-state index is 14.0. The van der Waals surface area contributed by atoms with Crippen LogP contribution in [0.2, 0.25) is 0 Å². The average Bonchev–Trinajstić information content (AvgIpc) is 2.96. The second-order valence-corrected chi connectivity index (χ2v) is 6.55. The highest BCUT2D eigenvalue weighted by Gasteiger charge is 2.51. The van der Waals surface area contributed by atoms with Gasteiger partial charge in [-0.25, -0.2) is 9.18 Å². The van der Waals surface area contributed by atoms with Crippen molar-refractivity contribution in [3.05, 3.63) is 77.7 Å². The molecular weight excluding hydrogens is 345 g/mol. The third-order valence-electron chi connectivity index (χ3n) is 5.10. The number of carbonyl (C=O) groups excluding carboxylic acids is 2. The molecular formula is C21H18FN3O2. The van der Waals surface area contributed by atoms with Gasteiger partial charge in [-0.05, 0) is 35.7 Å². The summed E-state index contributed by atoms with van der Waals surface area (Å²) in [5, 5.41) is 3.22. The molecule has 1 fully saturated rings. The summed E-state index contributed by atoms with van der Waals surface area (Å²) in [5.41, 5.74) is 0.736. The van der Waals surface area contributed by atoms with Crippen LogP contribution < -0.4 is 5.32 Å². The van der Waals surface area contributed by atoms with E-state index in [0.29, 0.717) is 22.9 Å². The average molecular weight is 363 g/mol. The fourth-order valence-corrected chi connectivity index (χ4v) is 3.63. The molecule has 27 heavy (non-hydrogen) atoms. The zero-order valence-electron chi connectivity index (χ0n) is 14.8. The molecule has 5 nitrogen and oxygen atoms in total. The topological polar surface area (TPSA) is 62.3 Å². The molecule has 0 unspecified atom stereocenters. The van der Waals surface area contributed by atoms with Gasteiger partial charge in [0.1, 0.15) is 11.4 Å². The lowest BCUT2D eigenvalue weighted by Gasteiger charge is -2.25. The summed E-state index contributed by atoms with van der Waals surface area (Å²) in [6.07, 6.45) is 2.00. The van der Waals surface area contributed by atoms with E-state index in [4.69, 9.17) is 0 Å². The summed E-state index contributed by atoms with van der Waals surface area (Å²) in [4.78, 5) is 31.3. The van der Waals surface area contributed by atoms with Gasteiger partial charge in [-0.3, -0.25) is 14.7 Å². The smallest absolute Gasteiger partial charge is 0.319 e. The van der Waals surface area contributed by atoms with Crippen LogP contribution in [-0.2, 0) is 16.9 Å². The molecule has 1 aromatic heterocycles. The van der Waals surface area contributed by atoms with Crippen LogP contribution in [-0.4, -0.2) is 21.8 Å². The number of nitrogens with one attached hydrogen (secondary N) is 1. The van der Waals surface area contributed by atoms with Gasteiger partial charge in [0.2, 0.25) is 0 Å². The first kappa shape index (κ1) is 17.1. The van der Waals surface area contributed by atoms with Gasteiger partial charge < -0.3 is 5.32 Å². The Morgan fingerprint density at radius 2 is 1.85 bits per heavy atom. The van der Waals surface area contributed by atoms with Crippen LogP contribution in [0.3, 0.4) is 0 Å². The van der Waals surface area contributed by atoms with Crippen molar-refractivity contribution in [1.82, 2.24) is 15.2 Å². The Bertz CT molecular complexity index is 1040. The largest absolute Gasteiger partial charge is 0.325 e. The summed E-state index contributed by atoms with van der Waals surface area (Å²) in [6, 6.07) is 14.9. The number of hydrogen-bond donors (Lipinski definition) is 1. The highest BCUT2D eigenvalue weighted by Crippen LogP contribution is 2.33. The Kier molecular flexibility index (Phi) is 4.11. The van der Waals surface area contributed by atoms with E-state index in [1.165, 1.54) is 11.0 Å². The Labute approximate surface area is 155 Å². The van der Waals surface area contributed by atoms with Gasteiger partial charge in [-0.1, -0.05) is 43.3 Å². The van der Waals surface area contributed by atoms with Crippen LogP contribution >= 0.6 is 0 Å². The number of pyridine rings is 1. The van der Waals surface area contributed by atoms with E-state index in [2.05, 4.69) is 10.3 Å². The van der Waals surface area contributed by atoms with Gasteiger partial charge in [0.15, 0.2) is 0 Å². The van der Waals surface area contributed by atoms with Gasteiger partial charge in [0, 0.05) is 11.6 Å². The maximum Gasteiger partial charge on any atom is 0.325 e. The molecule has 1 atom stereocenters. The Balaban J connectivity index is 1.73. The molecule has 0 bridgehead atoms. The summed E-state index contributed by atoms with van der Waals surface area (Å²) in [7, 11) is 0. The molecule has 1 aliphatic heterocycles. The van der Waals surface area contributed by atoms with E-state index < -0.39 is 11.6 Å². The first-order valence-electron chi connectivity index (χ1n) is 8.78. The number of aromatic nitrogens is 1. The lowest BCUT2D eigenvalue weighted by atomic mass is 9.87. The summed E-state index contributed by atoms with van der Waals surface area (Å²) >= 11 is 0. The zero-order chi connectivity index (χ0) is 19.0. The van der Waals surface area contributed by atoms with Crippen molar-refractivity contribution < 1.29 is 14.0 Å². The number of carbonyl (C=O) groups is 2. The molecule has 3 amide bonds. The molecule has 0 spiro atoms. The third-order valence-corrected chi connectivity index (χ3v) is 5.10. The number of benzene rings is 2. The van der Waals surface area contributed by atoms with Crippen LogP contribution in [0.4, 0.5) is 9.18 Å². The Morgan fingerprint density at radius 1 is 1.07 bits per heavy atom. The number of nitrogens with zero attached hydrogens (tertiary/aromatic N) is 2. The van der Waals surface area contributed by atoms with Crippen LogP contribution in [0, 0.1) is 5.82 Å². The fourth-order valence-electron chi connectivity index (χ4n) is 3.63. The molecule has 0 saturated carbocycles. The highest BCUT2D eigenvalue weighted by molar-refractivity contribution is 6.07. The predicted octanol–water partition coefficient (Wildman–Crippen LogP) is 3.73. The van der Waals surface area contributed by atoms with Crippen LogP contribution in [0.5, 0.6) is 0 Å². The number of rotatable bonds is 4. The molecule has 0 aliphatic carbocycles. The number of fused-ring (bicyclic) bond motifs is 1. The van der Waals surface area contributed by atoms with Gasteiger partial charge in [-0.2, -0.15) is 0 Å². The summed E-state index contributed by atoms with van der Waals surface area (Å²) in [5.74, 6) is -0.694. The van der Waals surface area contributed by atoms with Crippen LogP contribution in [0.15, 0.2) is 60.8 Å². The van der Waals surface area contributed by atoms with E-state index in [1.54, 1.807) is 24.4 Å². The molecule has 1 saturated heterocycles. The predicted molar refractivity (Wildman–Crippen MR) is 99.2 cm³/mol. The van der Waals surface area contributed by atoms with Crippen molar-refractivity contribution >= 4 is 22.8 Å². The van der Waals surface area contributed by atoms with Crippen molar-refractivity contribution in [2.75, 3.05) is 0 Å². The molecule has 1 N–H and O–H groups in total. The van der Waals surface area contributed by atoms with E-state index in [0.717, 1.165) is 5.56 Å². The molecule has 2 aromatic carbocycles. The number of imide groups is 1. The third kappa shape index (κ3) is 2.65. The van der Waals surface area contributed by atoms with E-state index in [9.17, 15) is 14.0 Å². The molecule has 1 aliphatic rings. The molecule has 6 heteroatoms. The van der Waals surface area contributed by atoms with Crippen molar-refractivity contribution in [2.45, 2.75) is 25.4 Å². The minimum atomic E-state index is -1.08. The standard InChI is InChI=1S/C21H18FN3O2/c1-2-21(15-7-4-3-5-8-15)19(26)25(20(27)24-21)13-14-10-11-17(22)16-9-6-12-23-18(14)16/h3-12H,2,13H2,1H3,(H,24,27)/t21-/m0/s1. The monoisotopic (exact) mass is 363 g/mol. The number of amides is 3. The Morgan fingerprint density at radius 3 is 2.59 bits per heavy atom. The summed E-state index contributed by atoms with van der Waals surface area (Å²) in [6.45, 7) is 1.90. The second-order valence-electron chi connectivity index (χ2n) is 6.55. The number of halogens is 1. The normalized spacial score (nSPS) is 19.6. The van der Waals surface area contributed by atoms with Crippen LogP contribution in [0.25, 0.3) is 10.9 Å². The Hall–Kier alpha value is -3.28. The quantitative estimate of drug-likeness (QED) is 0.719. The lowest BCUT2D eigenvalue weighted by molar-refractivity contribution is -0.132. The molecule has 4 rings (SSSR count). The minimum absolute atomic E-state index is 0.0348. The van der Waals surface area contributed by atoms with Crippen LogP contribution in [0.1, 0.15) is 24.5 Å². The van der Waals surface area contributed by atoms with Crippen molar-refractivity contribution in [2.24, 2.45) is 0 Å². The molecule has 136 valence electrons. The van der Waals surface area contributed by atoms with E-state index in [1.807, 2.05) is 37.3 Å². The zero-order valence-corrected chi connectivity index (χ0v) is 14.8. The fraction of sp³-hybridized carbons (Fsp3) is 0.190. The minimum Gasteiger partial charge on any atom is -0.319 e. The van der Waals surface area contributed by atoms with E-state index in [-0.39, 0.29) is 18.3 Å². The first-order valence-corrected chi connectivity index (χ1v) is 8.78. The summed E-state index contributed by atoms with van der Waals surface area (Å²) < 4.78 is 14.0. The molecule has 2 heterocycles. The molecule has 3 aromatic rings. The number of urea groups is 1. The second kappa shape index (κ2) is 6.46. The highest BCUT2D eigenvalue weighted by atomic mass is 19.1. The van der Waals surface area contributed by atoms with Gasteiger partial charge in [0.05, 0.1) is 12.1 Å². The van der Waals surface area contributed by atoms with Gasteiger partial charge in [-0.15, -0.1) is 0 Å². The van der Waals surface area contributed by atoms with Crippen molar-refractivity contribution in [1.29, 1.82) is 0 Å². The lowest BCUT2D eigenvalue weighted by Crippen LogP contribution is -2.43. The number of hydrogen-bond acceptors (Lipinski definition) is 3. The molecule has 0 radical (unpaired) electrons. The maximum atomic E-state index is 14.0. The SMILES string of the molecule is CC[C@@]1(c2ccccc2)NC(=O)N(Cc2ccc(F)c3cccnc23)C1=O. The van der Waals surface area contributed by atoms with E-state index >= 15 is 0 Å². The first-order chi connectivity index (χ1) is 13.1. The van der Waals surface area contributed by atoms with Gasteiger partial charge >= 0.3 is 6.03 Å². The van der Waals surface area contributed by atoms with Crippen molar-refractivity contribution in [3.8, 4) is 0 Å². The van der Waals surface area contributed by atoms with Crippen molar-refractivity contribution in [3.63, 3.8) is 0 Å².